The Morgan fingerprint density at radius 3 is 2.72 bits per heavy atom. The summed E-state index contributed by atoms with van der Waals surface area (Å²) < 4.78 is 4.80. The highest BCUT2D eigenvalue weighted by atomic mass is 16.5. The van der Waals surface area contributed by atoms with Crippen LogP contribution in [0.1, 0.15) is 25.0 Å². The van der Waals surface area contributed by atoms with Gasteiger partial charge in [-0.3, -0.25) is 4.79 Å². The lowest BCUT2D eigenvalue weighted by molar-refractivity contribution is -0.139. The van der Waals surface area contributed by atoms with E-state index in [1.807, 2.05) is 6.07 Å². The third kappa shape index (κ3) is 3.56. The summed E-state index contributed by atoms with van der Waals surface area (Å²) in [6.45, 7) is 3.19. The molecule has 0 fully saturated rings. The number of carbonyl (C=O) groups is 2. The van der Waals surface area contributed by atoms with Gasteiger partial charge in [-0.25, -0.2) is 4.79 Å². The first-order valence-electron chi connectivity index (χ1n) is 5.48. The molecular formula is C14H13NO3. The molecule has 0 aromatic heterocycles. The number of nitrogens with zero attached hydrogens (tertiary/aromatic N) is 1. The van der Waals surface area contributed by atoms with Gasteiger partial charge in [0.15, 0.2) is 5.78 Å². The van der Waals surface area contributed by atoms with Crippen LogP contribution in [0.15, 0.2) is 29.8 Å². The van der Waals surface area contributed by atoms with Crippen molar-refractivity contribution in [2.45, 2.75) is 13.8 Å². The van der Waals surface area contributed by atoms with E-state index >= 15 is 0 Å². The molecule has 1 aromatic carbocycles. The molecule has 1 aromatic rings. The largest absolute Gasteiger partial charge is 0.462 e. The number of hydrogen-bond donors (Lipinski definition) is 0. The van der Waals surface area contributed by atoms with Crippen molar-refractivity contribution in [3.05, 3.63) is 41.0 Å². The lowest BCUT2D eigenvalue weighted by atomic mass is 10.1. The Balaban J connectivity index is 3.12. The molecule has 0 bridgehead atoms. The third-order valence-corrected chi connectivity index (χ3v) is 2.20. The molecule has 0 aliphatic heterocycles. The minimum absolute atomic E-state index is 0.0214. The topological polar surface area (TPSA) is 67.2 Å². The average molecular weight is 243 g/mol. The first kappa shape index (κ1) is 13.7. The molecule has 0 aliphatic rings. The van der Waals surface area contributed by atoms with Gasteiger partial charge in [-0.05, 0) is 37.6 Å². The van der Waals surface area contributed by atoms with Gasteiger partial charge in [-0.1, -0.05) is 12.1 Å². The van der Waals surface area contributed by atoms with Crippen LogP contribution in [0.25, 0.3) is 6.08 Å². The maximum atomic E-state index is 11.6. The Kier molecular flexibility index (Phi) is 4.82. The summed E-state index contributed by atoms with van der Waals surface area (Å²) in [4.78, 5) is 23.0. The molecule has 0 saturated heterocycles. The van der Waals surface area contributed by atoms with Crippen LogP contribution in [0.2, 0.25) is 0 Å². The number of Topliss-reactive ketones (excluding diaryl/α,β-unsaturated/α-hetero) is 1. The molecule has 0 N–H and O–H groups in total. The van der Waals surface area contributed by atoms with Gasteiger partial charge in [-0.2, -0.15) is 5.26 Å². The molecule has 92 valence electrons. The molecule has 0 spiro atoms. The SMILES string of the molecule is CCOC(=O)/C(=C/c1cccc(C#N)c1)C(C)=O. The van der Waals surface area contributed by atoms with Crippen LogP contribution in [0.3, 0.4) is 0 Å². The van der Waals surface area contributed by atoms with Crippen molar-refractivity contribution in [1.82, 2.24) is 0 Å². The number of nitriles is 1. The second-order valence-corrected chi connectivity index (χ2v) is 3.57. The van der Waals surface area contributed by atoms with Gasteiger partial charge in [-0.15, -0.1) is 0 Å². The molecule has 0 atom stereocenters. The summed E-state index contributed by atoms with van der Waals surface area (Å²) in [5, 5.41) is 8.77. The van der Waals surface area contributed by atoms with Crippen LogP contribution in [0, 0.1) is 11.3 Å². The molecule has 0 aliphatic carbocycles. The summed E-state index contributed by atoms with van der Waals surface area (Å²) in [5.41, 5.74) is 1.06. The molecule has 0 amide bonds. The van der Waals surface area contributed by atoms with E-state index in [1.54, 1.807) is 31.2 Å². The fraction of sp³-hybridized carbons (Fsp3) is 0.214. The zero-order valence-electron chi connectivity index (χ0n) is 10.3. The highest BCUT2D eigenvalue weighted by Crippen LogP contribution is 2.11. The fourth-order valence-corrected chi connectivity index (χ4v) is 1.38. The minimum Gasteiger partial charge on any atom is -0.462 e. The monoisotopic (exact) mass is 243 g/mol. The van der Waals surface area contributed by atoms with E-state index in [9.17, 15) is 9.59 Å². The number of ether oxygens (including phenoxy) is 1. The third-order valence-electron chi connectivity index (χ3n) is 2.20. The van der Waals surface area contributed by atoms with Crippen molar-refractivity contribution in [2.24, 2.45) is 0 Å². The van der Waals surface area contributed by atoms with Gasteiger partial charge in [0.1, 0.15) is 5.57 Å². The van der Waals surface area contributed by atoms with Crippen LogP contribution in [0.5, 0.6) is 0 Å². The highest BCUT2D eigenvalue weighted by molar-refractivity contribution is 6.19. The van der Waals surface area contributed by atoms with Crippen LogP contribution in [-0.2, 0) is 14.3 Å². The van der Waals surface area contributed by atoms with Gasteiger partial charge >= 0.3 is 5.97 Å². The second kappa shape index (κ2) is 6.36. The smallest absolute Gasteiger partial charge is 0.341 e. The van der Waals surface area contributed by atoms with E-state index in [0.717, 1.165) is 0 Å². The first-order valence-corrected chi connectivity index (χ1v) is 5.48. The number of benzene rings is 1. The standard InChI is InChI=1S/C14H13NO3/c1-3-18-14(17)13(10(2)16)8-11-5-4-6-12(7-11)9-15/h4-8H,3H2,1-2H3/b13-8+. The Morgan fingerprint density at radius 2 is 2.17 bits per heavy atom. The maximum Gasteiger partial charge on any atom is 0.341 e. The summed E-state index contributed by atoms with van der Waals surface area (Å²) in [6, 6.07) is 8.64. The van der Waals surface area contributed by atoms with Gasteiger partial charge < -0.3 is 4.74 Å². The van der Waals surface area contributed by atoms with Gasteiger partial charge in [0.2, 0.25) is 0 Å². The van der Waals surface area contributed by atoms with E-state index < -0.39 is 5.97 Å². The lowest BCUT2D eigenvalue weighted by Gasteiger charge is -2.03. The van der Waals surface area contributed by atoms with Crippen molar-refractivity contribution >= 4 is 17.8 Å². The van der Waals surface area contributed by atoms with Crippen LogP contribution in [-0.4, -0.2) is 18.4 Å². The zero-order valence-corrected chi connectivity index (χ0v) is 10.3. The Morgan fingerprint density at radius 1 is 1.44 bits per heavy atom. The number of hydrogen-bond acceptors (Lipinski definition) is 4. The Labute approximate surface area is 105 Å². The van der Waals surface area contributed by atoms with Crippen molar-refractivity contribution in [3.63, 3.8) is 0 Å². The fourth-order valence-electron chi connectivity index (χ4n) is 1.38. The maximum absolute atomic E-state index is 11.6. The molecule has 1 rings (SSSR count). The second-order valence-electron chi connectivity index (χ2n) is 3.57. The van der Waals surface area contributed by atoms with Gasteiger partial charge in [0.25, 0.3) is 0 Å². The number of rotatable bonds is 4. The van der Waals surface area contributed by atoms with Crippen molar-refractivity contribution in [3.8, 4) is 6.07 Å². The van der Waals surface area contributed by atoms with Crippen molar-refractivity contribution in [2.75, 3.05) is 6.61 Å². The van der Waals surface area contributed by atoms with Crippen LogP contribution < -0.4 is 0 Å². The molecule has 4 heteroatoms. The van der Waals surface area contributed by atoms with Gasteiger partial charge in [0, 0.05) is 0 Å². The first-order chi connectivity index (χ1) is 8.58. The Bertz CT molecular complexity index is 538. The Hall–Kier alpha value is -2.41. The number of ketones is 1. The molecular weight excluding hydrogens is 230 g/mol. The summed E-state index contributed by atoms with van der Waals surface area (Å²) in [6.07, 6.45) is 1.43. The normalized spacial score (nSPS) is 10.6. The molecule has 0 unspecified atom stereocenters. The van der Waals surface area contributed by atoms with E-state index in [-0.39, 0.29) is 18.0 Å². The molecule has 18 heavy (non-hydrogen) atoms. The van der Waals surface area contributed by atoms with Gasteiger partial charge in [0.05, 0.1) is 18.2 Å². The van der Waals surface area contributed by atoms with Crippen molar-refractivity contribution < 1.29 is 14.3 Å². The average Bonchev–Trinajstić information content (AvgIpc) is 2.36. The molecule has 0 heterocycles. The predicted octanol–water partition coefficient (Wildman–Crippen LogP) is 2.09. The van der Waals surface area contributed by atoms with E-state index in [0.29, 0.717) is 11.1 Å². The van der Waals surface area contributed by atoms with Crippen molar-refractivity contribution in [1.29, 1.82) is 5.26 Å². The minimum atomic E-state index is -0.646. The molecule has 0 radical (unpaired) electrons. The highest BCUT2D eigenvalue weighted by Gasteiger charge is 2.15. The number of esters is 1. The summed E-state index contributed by atoms with van der Waals surface area (Å²) >= 11 is 0. The van der Waals surface area contributed by atoms with E-state index in [2.05, 4.69) is 0 Å². The van der Waals surface area contributed by atoms with E-state index in [4.69, 9.17) is 10.00 Å². The van der Waals surface area contributed by atoms with Crippen LogP contribution in [0.4, 0.5) is 0 Å². The van der Waals surface area contributed by atoms with E-state index in [1.165, 1.54) is 13.0 Å². The molecule has 4 nitrogen and oxygen atoms in total. The zero-order chi connectivity index (χ0) is 13.5. The predicted molar refractivity (Wildman–Crippen MR) is 66.4 cm³/mol. The summed E-state index contributed by atoms with van der Waals surface area (Å²) in [7, 11) is 0. The lowest BCUT2D eigenvalue weighted by Crippen LogP contribution is -2.13. The van der Waals surface area contributed by atoms with Crippen LogP contribution >= 0.6 is 0 Å². The number of carbonyl (C=O) groups excluding carboxylic acids is 2. The molecule has 0 saturated carbocycles. The quantitative estimate of drug-likeness (QED) is 0.351. The summed E-state index contributed by atoms with van der Waals surface area (Å²) in [5.74, 6) is -1.01.